The van der Waals surface area contributed by atoms with Crippen molar-refractivity contribution in [3.8, 4) is 10.6 Å². The lowest BCUT2D eigenvalue weighted by molar-refractivity contribution is 0.112. The maximum Gasteiger partial charge on any atom is 0.160 e. The first-order valence-corrected chi connectivity index (χ1v) is 5.35. The topological polar surface area (TPSA) is 42.0 Å². The fraction of sp³-hybridized carbons (Fsp3) is 0.0909. The molecule has 0 saturated carbocycles. The summed E-state index contributed by atoms with van der Waals surface area (Å²) in [6.45, 7) is 0. The van der Waals surface area contributed by atoms with Crippen LogP contribution in [0, 0.1) is 0 Å². The van der Waals surface area contributed by atoms with Crippen LogP contribution in [-0.4, -0.2) is 18.3 Å². The first-order valence-electron chi connectivity index (χ1n) is 4.53. The van der Waals surface area contributed by atoms with Gasteiger partial charge >= 0.3 is 0 Å². The lowest BCUT2D eigenvalue weighted by Gasteiger charge is -2.00. The molecule has 3 nitrogen and oxygen atoms in total. The summed E-state index contributed by atoms with van der Waals surface area (Å²) in [5.41, 5.74) is 0.889. The Morgan fingerprint density at radius 3 is 2.87 bits per heavy atom. The minimum atomic E-state index is 0.724. The molecular weight excluding hydrogens is 208 g/mol. The third-order valence-corrected chi connectivity index (χ3v) is 3.03. The molecule has 0 spiro atoms. The summed E-state index contributed by atoms with van der Waals surface area (Å²) >= 11 is 1.45. The zero-order chi connectivity index (χ0) is 10.7. The molecule has 0 aliphatic carbocycles. The molecule has 15 heavy (non-hydrogen) atoms. The predicted molar refractivity (Wildman–Crippen MR) is 62.5 cm³/mol. The molecule has 1 N–H and O–H groups in total. The summed E-state index contributed by atoms with van der Waals surface area (Å²) < 4.78 is 0. The highest BCUT2D eigenvalue weighted by Crippen LogP contribution is 2.26. The van der Waals surface area contributed by atoms with E-state index in [0.29, 0.717) is 0 Å². The minimum absolute atomic E-state index is 0.724. The molecule has 0 amide bonds. The number of carbonyl (C=O) groups excluding carboxylic acids is 1. The SMILES string of the molecule is CNc1cccc(-c2ccc(C=O)s2)n1. The zero-order valence-corrected chi connectivity index (χ0v) is 9.04. The Bertz CT molecular complexity index is 479. The van der Waals surface area contributed by atoms with Crippen molar-refractivity contribution < 1.29 is 4.79 Å². The van der Waals surface area contributed by atoms with E-state index in [2.05, 4.69) is 10.3 Å². The Balaban J connectivity index is 2.39. The van der Waals surface area contributed by atoms with Gasteiger partial charge in [-0.2, -0.15) is 0 Å². The molecule has 0 aliphatic rings. The van der Waals surface area contributed by atoms with Gasteiger partial charge in [-0.1, -0.05) is 6.07 Å². The minimum Gasteiger partial charge on any atom is -0.373 e. The normalized spacial score (nSPS) is 9.93. The van der Waals surface area contributed by atoms with E-state index in [1.165, 1.54) is 11.3 Å². The molecule has 0 saturated heterocycles. The number of rotatable bonds is 3. The molecule has 2 aromatic heterocycles. The van der Waals surface area contributed by atoms with E-state index in [9.17, 15) is 4.79 Å². The third-order valence-electron chi connectivity index (χ3n) is 2.00. The lowest BCUT2D eigenvalue weighted by atomic mass is 10.3. The van der Waals surface area contributed by atoms with Crippen molar-refractivity contribution in [2.45, 2.75) is 0 Å². The van der Waals surface area contributed by atoms with Gasteiger partial charge in [0.2, 0.25) is 0 Å². The average molecular weight is 218 g/mol. The van der Waals surface area contributed by atoms with Crippen LogP contribution >= 0.6 is 11.3 Å². The number of thiophene rings is 1. The smallest absolute Gasteiger partial charge is 0.160 e. The van der Waals surface area contributed by atoms with Gasteiger partial charge in [0.15, 0.2) is 6.29 Å². The van der Waals surface area contributed by atoms with Crippen LogP contribution in [0.2, 0.25) is 0 Å². The van der Waals surface area contributed by atoms with E-state index < -0.39 is 0 Å². The average Bonchev–Trinajstić information content (AvgIpc) is 2.78. The first kappa shape index (κ1) is 9.86. The lowest BCUT2D eigenvalue weighted by Crippen LogP contribution is -1.91. The van der Waals surface area contributed by atoms with Gasteiger partial charge in [-0.15, -0.1) is 11.3 Å². The zero-order valence-electron chi connectivity index (χ0n) is 8.23. The number of nitrogens with zero attached hydrogens (tertiary/aromatic N) is 1. The number of pyridine rings is 1. The van der Waals surface area contributed by atoms with E-state index in [-0.39, 0.29) is 0 Å². The van der Waals surface area contributed by atoms with Gasteiger partial charge in [0.25, 0.3) is 0 Å². The predicted octanol–water partition coefficient (Wildman–Crippen LogP) is 2.66. The number of carbonyl (C=O) groups is 1. The van der Waals surface area contributed by atoms with Crippen molar-refractivity contribution in [1.82, 2.24) is 4.98 Å². The van der Waals surface area contributed by atoms with Gasteiger partial charge in [-0.3, -0.25) is 4.79 Å². The number of hydrogen-bond donors (Lipinski definition) is 1. The standard InChI is InChI=1S/C11H10N2OS/c1-12-11-4-2-3-9(13-11)10-6-5-8(7-14)15-10/h2-7H,1H3,(H,12,13). The number of aromatic nitrogens is 1. The summed E-state index contributed by atoms with van der Waals surface area (Å²) in [4.78, 5) is 16.7. The van der Waals surface area contributed by atoms with Gasteiger partial charge < -0.3 is 5.32 Å². The number of anilines is 1. The van der Waals surface area contributed by atoms with Crippen molar-refractivity contribution in [1.29, 1.82) is 0 Å². The first-order chi connectivity index (χ1) is 7.33. The molecule has 0 atom stereocenters. The van der Waals surface area contributed by atoms with Crippen molar-refractivity contribution in [3.05, 3.63) is 35.2 Å². The second kappa shape index (κ2) is 4.23. The Labute approximate surface area is 91.8 Å². The Morgan fingerprint density at radius 1 is 1.33 bits per heavy atom. The molecule has 0 aromatic carbocycles. The molecular formula is C11H10N2OS. The summed E-state index contributed by atoms with van der Waals surface area (Å²) in [6, 6.07) is 9.49. The summed E-state index contributed by atoms with van der Waals surface area (Å²) in [5.74, 6) is 0.827. The maximum absolute atomic E-state index is 10.6. The van der Waals surface area contributed by atoms with E-state index in [4.69, 9.17) is 0 Å². The van der Waals surface area contributed by atoms with Crippen molar-refractivity contribution in [3.63, 3.8) is 0 Å². The van der Waals surface area contributed by atoms with Crippen molar-refractivity contribution >= 4 is 23.4 Å². The molecule has 2 aromatic rings. The van der Waals surface area contributed by atoms with Crippen LogP contribution in [0.25, 0.3) is 10.6 Å². The van der Waals surface area contributed by atoms with Crippen LogP contribution in [0.4, 0.5) is 5.82 Å². The monoisotopic (exact) mass is 218 g/mol. The maximum atomic E-state index is 10.6. The van der Waals surface area contributed by atoms with Gasteiger partial charge in [0.05, 0.1) is 15.4 Å². The molecule has 0 aliphatic heterocycles. The van der Waals surface area contributed by atoms with E-state index in [1.807, 2.05) is 31.3 Å². The Kier molecular flexibility index (Phi) is 2.78. The number of hydrogen-bond acceptors (Lipinski definition) is 4. The Hall–Kier alpha value is -1.68. The van der Waals surface area contributed by atoms with Crippen LogP contribution in [0.3, 0.4) is 0 Å². The summed E-state index contributed by atoms with van der Waals surface area (Å²) in [5, 5.41) is 2.98. The molecule has 2 heterocycles. The Morgan fingerprint density at radius 2 is 2.20 bits per heavy atom. The fourth-order valence-electron chi connectivity index (χ4n) is 1.27. The van der Waals surface area contributed by atoms with Crippen molar-refractivity contribution in [2.75, 3.05) is 12.4 Å². The highest BCUT2D eigenvalue weighted by molar-refractivity contribution is 7.17. The molecule has 0 fully saturated rings. The quantitative estimate of drug-likeness (QED) is 0.805. The number of aldehydes is 1. The van der Waals surface area contributed by atoms with Gasteiger partial charge in [0, 0.05) is 7.05 Å². The van der Waals surface area contributed by atoms with E-state index in [1.54, 1.807) is 6.07 Å². The second-order valence-electron chi connectivity index (χ2n) is 2.98. The molecule has 2 rings (SSSR count). The van der Waals surface area contributed by atoms with Gasteiger partial charge in [0.1, 0.15) is 5.82 Å². The van der Waals surface area contributed by atoms with Crippen LogP contribution in [0.15, 0.2) is 30.3 Å². The van der Waals surface area contributed by atoms with Gasteiger partial charge in [-0.25, -0.2) is 4.98 Å². The van der Waals surface area contributed by atoms with Crippen LogP contribution < -0.4 is 5.32 Å². The van der Waals surface area contributed by atoms with E-state index >= 15 is 0 Å². The molecule has 0 bridgehead atoms. The van der Waals surface area contributed by atoms with E-state index in [0.717, 1.165) is 27.6 Å². The fourth-order valence-corrected chi connectivity index (χ4v) is 2.06. The summed E-state index contributed by atoms with van der Waals surface area (Å²) in [6.07, 6.45) is 0.857. The highest BCUT2D eigenvalue weighted by atomic mass is 32.1. The van der Waals surface area contributed by atoms with Crippen LogP contribution in [0.1, 0.15) is 9.67 Å². The van der Waals surface area contributed by atoms with Crippen LogP contribution in [0.5, 0.6) is 0 Å². The molecule has 76 valence electrons. The third kappa shape index (κ3) is 2.05. The molecule has 0 unspecified atom stereocenters. The highest BCUT2D eigenvalue weighted by Gasteiger charge is 2.03. The van der Waals surface area contributed by atoms with Crippen molar-refractivity contribution in [2.24, 2.45) is 0 Å². The second-order valence-corrected chi connectivity index (χ2v) is 4.09. The summed E-state index contributed by atoms with van der Waals surface area (Å²) in [7, 11) is 1.83. The largest absolute Gasteiger partial charge is 0.373 e. The van der Waals surface area contributed by atoms with Crippen LogP contribution in [-0.2, 0) is 0 Å². The van der Waals surface area contributed by atoms with Gasteiger partial charge in [-0.05, 0) is 24.3 Å². The number of nitrogens with one attached hydrogen (secondary N) is 1. The molecule has 0 radical (unpaired) electrons. The molecule has 4 heteroatoms.